The van der Waals surface area contributed by atoms with Crippen LogP contribution in [-0.4, -0.2) is 16.8 Å². The first-order valence-electron chi connectivity index (χ1n) is 4.95. The maximum Gasteiger partial charge on any atom is 0.345 e. The fraction of sp³-hybridized carbons (Fsp3) is 0.0909. The predicted molar refractivity (Wildman–Crippen MR) is 68.4 cm³/mol. The van der Waals surface area contributed by atoms with Gasteiger partial charge in [-0.3, -0.25) is 0 Å². The Kier molecular flexibility index (Phi) is 4.59. The van der Waals surface area contributed by atoms with Crippen molar-refractivity contribution >= 4 is 26.5 Å². The maximum absolute atomic E-state index is 12.6. The van der Waals surface area contributed by atoms with Crippen molar-refractivity contribution in [3.05, 3.63) is 51.8 Å². The molecule has 1 aromatic carbocycles. The van der Waals surface area contributed by atoms with E-state index in [2.05, 4.69) is 0 Å². The molecular formula is C11H10F2O4S2. The van der Waals surface area contributed by atoms with Crippen LogP contribution in [0.1, 0.15) is 11.1 Å². The third kappa shape index (κ3) is 4.92. The Morgan fingerprint density at radius 2 is 1.68 bits per heavy atom. The molecule has 0 saturated carbocycles. The normalized spacial score (nSPS) is 12.6. The summed E-state index contributed by atoms with van der Waals surface area (Å²) in [5.74, 6) is 0. The zero-order chi connectivity index (χ0) is 14.7. The van der Waals surface area contributed by atoms with E-state index in [9.17, 15) is 24.6 Å². The van der Waals surface area contributed by atoms with Gasteiger partial charge in [0, 0.05) is 0 Å². The number of rotatable bonds is 4. The van der Waals surface area contributed by atoms with E-state index in [1.54, 1.807) is 18.2 Å². The second-order valence-electron chi connectivity index (χ2n) is 3.63. The van der Waals surface area contributed by atoms with Crippen LogP contribution < -0.4 is 0 Å². The highest BCUT2D eigenvalue weighted by atomic mass is 32.3. The van der Waals surface area contributed by atoms with E-state index < -0.39 is 24.7 Å². The Morgan fingerprint density at radius 3 is 2.16 bits per heavy atom. The summed E-state index contributed by atoms with van der Waals surface area (Å²) >= 11 is 0. The summed E-state index contributed by atoms with van der Waals surface area (Å²) in [6.07, 6.45) is 2.62. The molecule has 0 amide bonds. The Labute approximate surface area is 110 Å². The van der Waals surface area contributed by atoms with Gasteiger partial charge in [0.15, 0.2) is 0 Å². The Hall–Kier alpha value is -1.54. The standard InChI is InChI=1S/C11H10F2O4S2/c1-9-4-2-5-10(8-9)6-3-7-11(18(12,14)15)19(13,16)17/h2-8H,1H3/b6-3+. The monoisotopic (exact) mass is 308 g/mol. The van der Waals surface area contributed by atoms with Crippen LogP contribution in [0.4, 0.5) is 7.77 Å². The summed E-state index contributed by atoms with van der Waals surface area (Å²) in [5, 5.41) is 0. The van der Waals surface area contributed by atoms with Gasteiger partial charge in [-0.1, -0.05) is 49.8 Å². The minimum Gasteiger partial charge on any atom is -0.188 e. The van der Waals surface area contributed by atoms with Crippen LogP contribution in [0.2, 0.25) is 0 Å². The Morgan fingerprint density at radius 1 is 1.11 bits per heavy atom. The molecule has 0 spiro atoms. The van der Waals surface area contributed by atoms with Gasteiger partial charge in [-0.15, -0.1) is 0 Å². The summed E-state index contributed by atoms with van der Waals surface area (Å²) < 4.78 is 65.2. The van der Waals surface area contributed by atoms with Crippen LogP contribution in [0, 0.1) is 6.92 Å². The largest absolute Gasteiger partial charge is 0.345 e. The topological polar surface area (TPSA) is 68.3 Å². The molecule has 1 aromatic rings. The smallest absolute Gasteiger partial charge is 0.188 e. The first-order chi connectivity index (χ1) is 8.60. The van der Waals surface area contributed by atoms with Gasteiger partial charge in [-0.2, -0.15) is 16.8 Å². The van der Waals surface area contributed by atoms with Gasteiger partial charge in [0.25, 0.3) is 0 Å². The van der Waals surface area contributed by atoms with Crippen molar-refractivity contribution in [3.8, 4) is 0 Å². The average Bonchev–Trinajstić information content (AvgIpc) is 2.21. The lowest BCUT2D eigenvalue weighted by molar-refractivity contribution is 0.550. The first kappa shape index (κ1) is 15.5. The third-order valence-corrected chi connectivity index (χ3v) is 4.47. The Bertz CT molecular complexity index is 698. The molecule has 4 nitrogen and oxygen atoms in total. The molecule has 0 aromatic heterocycles. The predicted octanol–water partition coefficient (Wildman–Crippen LogP) is 2.45. The number of hydrogen-bond donors (Lipinski definition) is 0. The lowest BCUT2D eigenvalue weighted by atomic mass is 10.1. The molecule has 19 heavy (non-hydrogen) atoms. The van der Waals surface area contributed by atoms with Gasteiger partial charge >= 0.3 is 20.4 Å². The van der Waals surface area contributed by atoms with E-state index in [0.29, 0.717) is 11.6 Å². The highest BCUT2D eigenvalue weighted by Crippen LogP contribution is 2.18. The molecule has 104 valence electrons. The molecule has 0 aliphatic carbocycles. The van der Waals surface area contributed by atoms with Gasteiger partial charge in [0.05, 0.1) is 0 Å². The van der Waals surface area contributed by atoms with Crippen molar-refractivity contribution in [1.29, 1.82) is 0 Å². The van der Waals surface area contributed by atoms with E-state index >= 15 is 0 Å². The zero-order valence-corrected chi connectivity index (χ0v) is 11.4. The highest BCUT2D eigenvalue weighted by Gasteiger charge is 2.29. The fourth-order valence-electron chi connectivity index (χ4n) is 1.29. The van der Waals surface area contributed by atoms with Gasteiger partial charge in [-0.25, -0.2) is 0 Å². The molecule has 0 N–H and O–H groups in total. The molecule has 0 atom stereocenters. The van der Waals surface area contributed by atoms with Gasteiger partial charge in [0.1, 0.15) is 0 Å². The summed E-state index contributed by atoms with van der Waals surface area (Å²) in [4.78, 5) is 0. The van der Waals surface area contributed by atoms with Gasteiger partial charge in [-0.05, 0) is 18.6 Å². The molecule has 1 rings (SSSR count). The molecule has 0 heterocycles. The number of allylic oxidation sites excluding steroid dienone is 2. The lowest BCUT2D eigenvalue weighted by Gasteiger charge is -1.95. The van der Waals surface area contributed by atoms with Crippen LogP contribution in [0.25, 0.3) is 6.08 Å². The average molecular weight is 308 g/mol. The molecular weight excluding hydrogens is 298 g/mol. The van der Waals surface area contributed by atoms with E-state index in [4.69, 9.17) is 0 Å². The molecule has 0 aliphatic heterocycles. The quantitative estimate of drug-likeness (QED) is 0.633. The number of halogens is 2. The minimum atomic E-state index is -5.64. The van der Waals surface area contributed by atoms with E-state index in [-0.39, 0.29) is 0 Å². The molecule has 0 fully saturated rings. The van der Waals surface area contributed by atoms with Crippen LogP contribution in [0.15, 0.2) is 40.7 Å². The van der Waals surface area contributed by atoms with Crippen molar-refractivity contribution in [1.82, 2.24) is 0 Å². The van der Waals surface area contributed by atoms with Gasteiger partial charge < -0.3 is 0 Å². The van der Waals surface area contributed by atoms with Crippen molar-refractivity contribution < 1.29 is 24.6 Å². The fourth-order valence-corrected chi connectivity index (χ4v) is 2.73. The van der Waals surface area contributed by atoms with E-state index in [1.807, 2.05) is 13.0 Å². The van der Waals surface area contributed by atoms with Crippen molar-refractivity contribution in [2.24, 2.45) is 0 Å². The lowest BCUT2D eigenvalue weighted by Crippen LogP contribution is -2.04. The van der Waals surface area contributed by atoms with Crippen molar-refractivity contribution in [2.45, 2.75) is 6.92 Å². The van der Waals surface area contributed by atoms with Crippen LogP contribution in [0.5, 0.6) is 0 Å². The zero-order valence-electron chi connectivity index (χ0n) is 9.75. The minimum absolute atomic E-state index is 0.354. The number of benzene rings is 1. The SMILES string of the molecule is Cc1cccc(/C=C/C=C(S(=O)(=O)F)S(=O)(=O)F)c1. The van der Waals surface area contributed by atoms with Crippen LogP contribution in [-0.2, 0) is 20.4 Å². The van der Waals surface area contributed by atoms with E-state index in [1.165, 1.54) is 6.08 Å². The van der Waals surface area contributed by atoms with Crippen molar-refractivity contribution in [3.63, 3.8) is 0 Å². The van der Waals surface area contributed by atoms with Gasteiger partial charge in [0.2, 0.25) is 4.24 Å². The molecule has 0 aliphatic rings. The second-order valence-corrected chi connectivity index (χ2v) is 6.52. The Balaban J connectivity index is 3.14. The number of hydrogen-bond acceptors (Lipinski definition) is 4. The maximum atomic E-state index is 12.6. The summed E-state index contributed by atoms with van der Waals surface area (Å²) in [6, 6.07) is 6.91. The second kappa shape index (κ2) is 5.62. The molecule has 0 unspecified atom stereocenters. The van der Waals surface area contributed by atoms with Crippen LogP contribution >= 0.6 is 0 Å². The number of aryl methyl sites for hydroxylation is 1. The van der Waals surface area contributed by atoms with Crippen LogP contribution in [0.3, 0.4) is 0 Å². The summed E-state index contributed by atoms with van der Waals surface area (Å²) in [7, 11) is -11.3. The molecule has 0 saturated heterocycles. The molecule has 0 radical (unpaired) electrons. The van der Waals surface area contributed by atoms with Crippen molar-refractivity contribution in [2.75, 3.05) is 0 Å². The summed E-state index contributed by atoms with van der Waals surface area (Å²) in [5.41, 5.74) is 1.55. The third-order valence-electron chi connectivity index (χ3n) is 2.04. The molecule has 0 bridgehead atoms. The first-order valence-corrected chi connectivity index (χ1v) is 7.72. The van der Waals surface area contributed by atoms with E-state index in [0.717, 1.165) is 11.6 Å². The summed E-state index contributed by atoms with van der Waals surface area (Å²) in [6.45, 7) is 1.82. The molecule has 8 heteroatoms. The highest BCUT2D eigenvalue weighted by molar-refractivity contribution is 8.09.